The summed E-state index contributed by atoms with van der Waals surface area (Å²) in [7, 11) is 0. The van der Waals surface area contributed by atoms with E-state index >= 15 is 0 Å². The van der Waals surface area contributed by atoms with Gasteiger partial charge in [-0.2, -0.15) is 0 Å². The summed E-state index contributed by atoms with van der Waals surface area (Å²) in [4.78, 5) is 15.8. The number of halogens is 1. The van der Waals surface area contributed by atoms with Crippen molar-refractivity contribution in [1.82, 2.24) is 10.6 Å². The second-order valence-electron chi connectivity index (χ2n) is 9.04. The third kappa shape index (κ3) is 5.13. The highest BCUT2D eigenvalue weighted by molar-refractivity contribution is 7.21. The fourth-order valence-electron chi connectivity index (χ4n) is 4.66. The molecule has 3 heterocycles. The number of hydrogen-bond donors (Lipinski definition) is 2. The van der Waals surface area contributed by atoms with Gasteiger partial charge in [-0.05, 0) is 63.2 Å². The van der Waals surface area contributed by atoms with Gasteiger partial charge in [0.1, 0.15) is 16.7 Å². The lowest BCUT2D eigenvalue weighted by molar-refractivity contribution is 0.0934. The smallest absolute Gasteiger partial charge is 0.263 e. The van der Waals surface area contributed by atoms with Gasteiger partial charge in [0.25, 0.3) is 5.91 Å². The van der Waals surface area contributed by atoms with Crippen LogP contribution in [0, 0.1) is 6.92 Å². The molecule has 0 atom stereocenters. The van der Waals surface area contributed by atoms with Crippen LogP contribution in [0.4, 0.5) is 5.69 Å². The molecule has 1 amide bonds. The quantitative estimate of drug-likeness (QED) is 0.510. The molecule has 2 fully saturated rings. The number of ether oxygens (including phenoxy) is 1. The number of carbonyl (C=O) groups is 1. The Balaban J connectivity index is 1.22. The number of benzene rings is 2. The molecule has 2 aliphatic rings. The van der Waals surface area contributed by atoms with Crippen LogP contribution in [0.3, 0.4) is 0 Å². The highest BCUT2D eigenvalue weighted by Gasteiger charge is 2.23. The lowest BCUT2D eigenvalue weighted by Crippen LogP contribution is -2.42. The van der Waals surface area contributed by atoms with Gasteiger partial charge in [-0.1, -0.05) is 29.3 Å². The standard InChI is InChI=1S/C26H30ClN3O2S/c1-17-2-4-19(5-3-17)30-14-10-20(11-15-30)32-21-6-7-22-23(16-21)33-25(24(22)27)26(31)29-18-8-12-28-13-9-18/h2-7,16,18,20,28H,8-15H2,1H3,(H,29,31). The molecular weight excluding hydrogens is 454 g/mol. The summed E-state index contributed by atoms with van der Waals surface area (Å²) in [5, 5.41) is 7.93. The Morgan fingerprint density at radius 2 is 1.82 bits per heavy atom. The summed E-state index contributed by atoms with van der Waals surface area (Å²) in [5.74, 6) is 0.776. The van der Waals surface area contributed by atoms with E-state index in [0.29, 0.717) is 9.90 Å². The Morgan fingerprint density at radius 1 is 1.09 bits per heavy atom. The van der Waals surface area contributed by atoms with E-state index in [4.69, 9.17) is 16.3 Å². The van der Waals surface area contributed by atoms with E-state index in [-0.39, 0.29) is 18.1 Å². The molecule has 0 radical (unpaired) electrons. The van der Waals surface area contributed by atoms with Crippen molar-refractivity contribution in [3.05, 3.63) is 57.9 Å². The van der Waals surface area contributed by atoms with Crippen molar-refractivity contribution in [2.75, 3.05) is 31.1 Å². The largest absolute Gasteiger partial charge is 0.490 e. The number of rotatable bonds is 5. The number of nitrogens with zero attached hydrogens (tertiary/aromatic N) is 1. The van der Waals surface area contributed by atoms with Crippen molar-refractivity contribution in [2.45, 2.75) is 44.8 Å². The molecule has 3 aromatic rings. The zero-order chi connectivity index (χ0) is 22.8. The minimum Gasteiger partial charge on any atom is -0.490 e. The summed E-state index contributed by atoms with van der Waals surface area (Å²) >= 11 is 8.04. The molecule has 0 spiro atoms. The first-order valence-electron chi connectivity index (χ1n) is 11.8. The molecule has 0 aliphatic carbocycles. The number of nitrogens with one attached hydrogen (secondary N) is 2. The van der Waals surface area contributed by atoms with Crippen LogP contribution in [0.1, 0.15) is 40.9 Å². The number of hydrogen-bond acceptors (Lipinski definition) is 5. The second kappa shape index (κ2) is 9.92. The molecule has 5 nitrogen and oxygen atoms in total. The molecule has 7 heteroatoms. The zero-order valence-corrected chi connectivity index (χ0v) is 20.5. The Labute approximate surface area is 204 Å². The van der Waals surface area contributed by atoms with E-state index in [1.807, 2.05) is 18.2 Å². The maximum atomic E-state index is 12.8. The van der Waals surface area contributed by atoms with E-state index in [1.165, 1.54) is 22.6 Å². The number of thiophene rings is 1. The van der Waals surface area contributed by atoms with E-state index in [9.17, 15) is 4.79 Å². The average molecular weight is 484 g/mol. The predicted molar refractivity (Wildman–Crippen MR) is 137 cm³/mol. The number of carbonyl (C=O) groups excluding carboxylic acids is 1. The fourth-order valence-corrected chi connectivity index (χ4v) is 6.11. The summed E-state index contributed by atoms with van der Waals surface area (Å²) in [6, 6.07) is 14.9. The van der Waals surface area contributed by atoms with E-state index in [1.54, 1.807) is 0 Å². The first-order chi connectivity index (χ1) is 16.1. The van der Waals surface area contributed by atoms with Gasteiger partial charge in [-0.15, -0.1) is 11.3 Å². The molecule has 2 aliphatic heterocycles. The normalized spacial score (nSPS) is 17.9. The molecule has 2 N–H and O–H groups in total. The maximum absolute atomic E-state index is 12.8. The Kier molecular flexibility index (Phi) is 6.76. The van der Waals surface area contributed by atoms with E-state index in [2.05, 4.69) is 46.7 Å². The maximum Gasteiger partial charge on any atom is 0.263 e. The second-order valence-corrected chi connectivity index (χ2v) is 10.5. The van der Waals surface area contributed by atoms with Gasteiger partial charge in [0.15, 0.2) is 0 Å². The molecule has 5 rings (SSSR count). The minimum absolute atomic E-state index is 0.0703. The van der Waals surface area contributed by atoms with Crippen molar-refractivity contribution >= 4 is 44.6 Å². The van der Waals surface area contributed by atoms with Gasteiger partial charge >= 0.3 is 0 Å². The van der Waals surface area contributed by atoms with Gasteiger partial charge in [-0.3, -0.25) is 4.79 Å². The molecule has 0 bridgehead atoms. The summed E-state index contributed by atoms with van der Waals surface area (Å²) in [5.41, 5.74) is 2.57. The zero-order valence-electron chi connectivity index (χ0n) is 18.9. The summed E-state index contributed by atoms with van der Waals surface area (Å²) < 4.78 is 7.32. The molecule has 0 saturated carbocycles. The number of fused-ring (bicyclic) bond motifs is 1. The van der Waals surface area contributed by atoms with Crippen LogP contribution in [-0.4, -0.2) is 44.2 Å². The highest BCUT2D eigenvalue weighted by Crippen LogP contribution is 2.38. The van der Waals surface area contributed by atoms with Gasteiger partial charge in [0.2, 0.25) is 0 Å². The van der Waals surface area contributed by atoms with Gasteiger partial charge in [0, 0.05) is 47.7 Å². The van der Waals surface area contributed by atoms with Crippen LogP contribution >= 0.6 is 22.9 Å². The number of amides is 1. The first-order valence-corrected chi connectivity index (χ1v) is 13.0. The van der Waals surface area contributed by atoms with Crippen molar-refractivity contribution in [1.29, 1.82) is 0 Å². The summed E-state index contributed by atoms with van der Waals surface area (Å²) in [6.07, 6.45) is 4.08. The van der Waals surface area contributed by atoms with Crippen LogP contribution in [0.25, 0.3) is 10.1 Å². The van der Waals surface area contributed by atoms with E-state index < -0.39 is 0 Å². The van der Waals surface area contributed by atoms with Crippen molar-refractivity contribution in [2.24, 2.45) is 0 Å². The Morgan fingerprint density at radius 3 is 2.55 bits per heavy atom. The van der Waals surface area contributed by atoms with Crippen LogP contribution < -0.4 is 20.3 Å². The van der Waals surface area contributed by atoms with Gasteiger partial charge in [-0.25, -0.2) is 0 Å². The molecule has 2 aromatic carbocycles. The third-order valence-corrected chi connectivity index (χ3v) is 8.28. The van der Waals surface area contributed by atoms with Crippen molar-refractivity contribution in [3.63, 3.8) is 0 Å². The fraction of sp³-hybridized carbons (Fsp3) is 0.423. The number of anilines is 1. The topological polar surface area (TPSA) is 53.6 Å². The number of piperidine rings is 2. The highest BCUT2D eigenvalue weighted by atomic mass is 35.5. The lowest BCUT2D eigenvalue weighted by atomic mass is 10.1. The Bertz CT molecular complexity index is 1120. The van der Waals surface area contributed by atoms with Crippen LogP contribution in [-0.2, 0) is 0 Å². The third-order valence-electron chi connectivity index (χ3n) is 6.63. The van der Waals surface area contributed by atoms with Crippen LogP contribution in [0.5, 0.6) is 5.75 Å². The molecule has 2 saturated heterocycles. The molecule has 33 heavy (non-hydrogen) atoms. The monoisotopic (exact) mass is 483 g/mol. The molecule has 1 aromatic heterocycles. The van der Waals surface area contributed by atoms with Crippen LogP contribution in [0.15, 0.2) is 42.5 Å². The summed E-state index contributed by atoms with van der Waals surface area (Å²) in [6.45, 7) is 5.97. The van der Waals surface area contributed by atoms with Gasteiger partial charge in [0.05, 0.1) is 5.02 Å². The molecule has 0 unspecified atom stereocenters. The predicted octanol–water partition coefficient (Wildman–Crippen LogP) is 5.39. The van der Waals surface area contributed by atoms with Crippen molar-refractivity contribution < 1.29 is 9.53 Å². The minimum atomic E-state index is -0.0703. The molecular formula is C26H30ClN3O2S. The SMILES string of the molecule is Cc1ccc(N2CCC(Oc3ccc4c(Cl)c(C(=O)NC5CCNCC5)sc4c3)CC2)cc1. The van der Waals surface area contributed by atoms with E-state index in [0.717, 1.165) is 67.7 Å². The van der Waals surface area contributed by atoms with Gasteiger partial charge < -0.3 is 20.3 Å². The Hall–Kier alpha value is -2.28. The average Bonchev–Trinajstić information content (AvgIpc) is 3.17. The lowest BCUT2D eigenvalue weighted by Gasteiger charge is -2.33. The number of aryl methyl sites for hydroxylation is 1. The van der Waals surface area contributed by atoms with Crippen molar-refractivity contribution in [3.8, 4) is 5.75 Å². The van der Waals surface area contributed by atoms with Crippen LogP contribution in [0.2, 0.25) is 5.02 Å². The first kappa shape index (κ1) is 22.5. The molecule has 174 valence electrons.